The second-order valence-electron chi connectivity index (χ2n) is 7.20. The van der Waals surface area contributed by atoms with Crippen molar-refractivity contribution in [3.8, 4) is 23.0 Å². The number of carbonyl (C=O) groups excluding carboxylic acids is 1. The number of aliphatic hydroxyl groups is 1. The predicted octanol–water partition coefficient (Wildman–Crippen LogP) is 2.96. The summed E-state index contributed by atoms with van der Waals surface area (Å²) in [5.74, 6) is 0.0795. The van der Waals surface area contributed by atoms with Crippen molar-refractivity contribution in [2.45, 2.75) is 25.0 Å². The predicted molar refractivity (Wildman–Crippen MR) is 100 cm³/mol. The van der Waals surface area contributed by atoms with Gasteiger partial charge in [0.1, 0.15) is 0 Å². The molecule has 0 atom stereocenters. The maximum atomic E-state index is 12.9. The SMILES string of the molecule is O=C(OC(O)(c1ccc2c(c1)OCO2)c1ccc2c(c1)OCO2)N1CCCCC1. The largest absolute Gasteiger partial charge is 0.454 e. The highest BCUT2D eigenvalue weighted by Crippen LogP contribution is 2.42. The Kier molecular flexibility index (Phi) is 4.35. The fraction of sp³-hybridized carbons (Fsp3) is 0.381. The molecule has 8 nitrogen and oxygen atoms in total. The minimum Gasteiger partial charge on any atom is -0.454 e. The van der Waals surface area contributed by atoms with Crippen molar-refractivity contribution < 1.29 is 33.6 Å². The zero-order valence-corrected chi connectivity index (χ0v) is 15.8. The molecule has 3 heterocycles. The molecule has 1 saturated heterocycles. The van der Waals surface area contributed by atoms with E-state index in [2.05, 4.69) is 0 Å². The molecule has 0 spiro atoms. The van der Waals surface area contributed by atoms with Crippen LogP contribution in [0.1, 0.15) is 30.4 Å². The fourth-order valence-corrected chi connectivity index (χ4v) is 3.77. The maximum absolute atomic E-state index is 12.9. The van der Waals surface area contributed by atoms with E-state index in [1.807, 2.05) is 0 Å². The molecule has 152 valence electrons. The second-order valence-corrected chi connectivity index (χ2v) is 7.20. The van der Waals surface area contributed by atoms with Crippen molar-refractivity contribution >= 4 is 6.09 Å². The van der Waals surface area contributed by atoms with Crippen LogP contribution in [0.15, 0.2) is 36.4 Å². The number of ether oxygens (including phenoxy) is 5. The van der Waals surface area contributed by atoms with Crippen molar-refractivity contribution in [2.24, 2.45) is 0 Å². The van der Waals surface area contributed by atoms with Gasteiger partial charge in [0.2, 0.25) is 13.6 Å². The monoisotopic (exact) mass is 399 g/mol. The molecule has 2 aromatic rings. The summed E-state index contributed by atoms with van der Waals surface area (Å²) in [5.41, 5.74) is 0.706. The van der Waals surface area contributed by atoms with E-state index < -0.39 is 11.9 Å². The minimum absolute atomic E-state index is 0.106. The van der Waals surface area contributed by atoms with Crippen molar-refractivity contribution in [3.05, 3.63) is 47.5 Å². The van der Waals surface area contributed by atoms with Crippen molar-refractivity contribution in [1.82, 2.24) is 4.90 Å². The standard InChI is InChI=1S/C21H21NO7/c23-20(22-8-2-1-3-9-22)29-21(24,14-4-6-16-18(10-14)27-12-25-16)15-5-7-17-19(11-15)28-13-26-17/h4-7,10-11,24H,1-3,8-9,12-13H2. The first kappa shape index (κ1) is 17.9. The summed E-state index contributed by atoms with van der Waals surface area (Å²) >= 11 is 0. The lowest BCUT2D eigenvalue weighted by molar-refractivity contribution is -0.144. The molecule has 8 heteroatoms. The average Bonchev–Trinajstić information content (AvgIpc) is 3.42. The Labute approximate surface area is 167 Å². The number of fused-ring (bicyclic) bond motifs is 2. The first-order valence-corrected chi connectivity index (χ1v) is 9.64. The van der Waals surface area contributed by atoms with Gasteiger partial charge in [0.15, 0.2) is 23.0 Å². The summed E-state index contributed by atoms with van der Waals surface area (Å²) in [5, 5.41) is 11.7. The van der Waals surface area contributed by atoms with Gasteiger partial charge < -0.3 is 33.7 Å². The molecule has 0 aromatic heterocycles. The van der Waals surface area contributed by atoms with Crippen LogP contribution in [0.4, 0.5) is 4.79 Å². The number of piperidine rings is 1. The van der Waals surface area contributed by atoms with Crippen molar-refractivity contribution in [2.75, 3.05) is 26.7 Å². The van der Waals surface area contributed by atoms with Crippen LogP contribution in [0.25, 0.3) is 0 Å². The smallest absolute Gasteiger partial charge is 0.412 e. The first-order valence-electron chi connectivity index (χ1n) is 9.64. The van der Waals surface area contributed by atoms with Crippen LogP contribution < -0.4 is 18.9 Å². The van der Waals surface area contributed by atoms with Crippen molar-refractivity contribution in [3.63, 3.8) is 0 Å². The molecule has 3 aliphatic heterocycles. The fourth-order valence-electron chi connectivity index (χ4n) is 3.77. The van der Waals surface area contributed by atoms with Crippen molar-refractivity contribution in [1.29, 1.82) is 0 Å². The molecule has 29 heavy (non-hydrogen) atoms. The number of likely N-dealkylation sites (tertiary alicyclic amines) is 1. The van der Waals surface area contributed by atoms with E-state index in [0.717, 1.165) is 19.3 Å². The van der Waals surface area contributed by atoms with E-state index in [1.165, 1.54) is 0 Å². The Morgan fingerprint density at radius 2 is 1.34 bits per heavy atom. The maximum Gasteiger partial charge on any atom is 0.412 e. The van der Waals surface area contributed by atoms with E-state index in [9.17, 15) is 9.90 Å². The summed E-state index contributed by atoms with van der Waals surface area (Å²) in [4.78, 5) is 14.5. The summed E-state index contributed by atoms with van der Waals surface area (Å²) in [7, 11) is 0. The number of nitrogens with zero attached hydrogens (tertiary/aromatic N) is 1. The minimum atomic E-state index is -2.03. The topological polar surface area (TPSA) is 86.7 Å². The Bertz CT molecular complexity index is 881. The number of carbonyl (C=O) groups is 1. The molecule has 0 radical (unpaired) electrons. The molecule has 0 saturated carbocycles. The quantitative estimate of drug-likeness (QED) is 0.794. The highest BCUT2D eigenvalue weighted by Gasteiger charge is 2.40. The van der Waals surface area contributed by atoms with Gasteiger partial charge in [0, 0.05) is 24.2 Å². The summed E-state index contributed by atoms with van der Waals surface area (Å²) < 4.78 is 27.3. The molecule has 3 aliphatic rings. The molecule has 0 bridgehead atoms. The van der Waals surface area contributed by atoms with Gasteiger partial charge in [-0.2, -0.15) is 0 Å². The number of amides is 1. The molecule has 0 unspecified atom stereocenters. The molecule has 1 amide bonds. The molecular weight excluding hydrogens is 378 g/mol. The van der Waals surface area contributed by atoms with Crippen LogP contribution in [0, 0.1) is 0 Å². The molecule has 2 aromatic carbocycles. The molecule has 5 rings (SSSR count). The number of hydrogen-bond acceptors (Lipinski definition) is 7. The highest BCUT2D eigenvalue weighted by atomic mass is 16.7. The Morgan fingerprint density at radius 1 is 0.828 bits per heavy atom. The Morgan fingerprint density at radius 3 is 1.90 bits per heavy atom. The van der Waals surface area contributed by atoms with Gasteiger partial charge in [-0.3, -0.25) is 0 Å². The first-order chi connectivity index (χ1) is 14.1. The van der Waals surface area contributed by atoms with E-state index in [4.69, 9.17) is 23.7 Å². The third-order valence-electron chi connectivity index (χ3n) is 5.38. The summed E-state index contributed by atoms with van der Waals surface area (Å²) in [6.07, 6.45) is 2.35. The van der Waals surface area contributed by atoms with Crippen LogP contribution >= 0.6 is 0 Å². The Balaban J connectivity index is 1.54. The van der Waals surface area contributed by atoms with Gasteiger partial charge >= 0.3 is 6.09 Å². The lowest BCUT2D eigenvalue weighted by Crippen LogP contribution is -2.42. The van der Waals surface area contributed by atoms with Crippen LogP contribution in [-0.4, -0.2) is 42.8 Å². The van der Waals surface area contributed by atoms with Gasteiger partial charge in [-0.25, -0.2) is 4.79 Å². The van der Waals surface area contributed by atoms with E-state index in [-0.39, 0.29) is 13.6 Å². The Hall–Kier alpha value is -3.13. The van der Waals surface area contributed by atoms with Gasteiger partial charge in [0.25, 0.3) is 5.79 Å². The van der Waals surface area contributed by atoms with Gasteiger partial charge in [-0.1, -0.05) is 0 Å². The third-order valence-corrected chi connectivity index (χ3v) is 5.38. The third kappa shape index (κ3) is 3.19. The number of benzene rings is 2. The zero-order chi connectivity index (χ0) is 19.8. The number of rotatable bonds is 3. The lowest BCUT2D eigenvalue weighted by atomic mass is 9.96. The van der Waals surface area contributed by atoms with Crippen LogP contribution in [0.3, 0.4) is 0 Å². The zero-order valence-electron chi connectivity index (χ0n) is 15.8. The lowest BCUT2D eigenvalue weighted by Gasteiger charge is -2.33. The van der Waals surface area contributed by atoms with Gasteiger partial charge in [-0.15, -0.1) is 0 Å². The van der Waals surface area contributed by atoms with E-state index in [1.54, 1.807) is 41.3 Å². The normalized spacial score (nSPS) is 17.3. The molecular formula is C21H21NO7. The summed E-state index contributed by atoms with van der Waals surface area (Å²) in [6.45, 7) is 1.43. The van der Waals surface area contributed by atoms with Crippen LogP contribution in [0.2, 0.25) is 0 Å². The average molecular weight is 399 g/mol. The molecule has 1 fully saturated rings. The van der Waals surface area contributed by atoms with E-state index >= 15 is 0 Å². The number of hydrogen-bond donors (Lipinski definition) is 1. The van der Waals surface area contributed by atoms with Gasteiger partial charge in [0.05, 0.1) is 0 Å². The van der Waals surface area contributed by atoms with Crippen LogP contribution in [0.5, 0.6) is 23.0 Å². The second kappa shape index (κ2) is 7.04. The molecule has 1 N–H and O–H groups in total. The highest BCUT2D eigenvalue weighted by molar-refractivity contribution is 5.69. The van der Waals surface area contributed by atoms with Gasteiger partial charge in [-0.05, 0) is 55.7 Å². The van der Waals surface area contributed by atoms with Crippen LogP contribution in [-0.2, 0) is 10.5 Å². The molecule has 0 aliphatic carbocycles. The van der Waals surface area contributed by atoms with E-state index in [0.29, 0.717) is 47.2 Å². The summed E-state index contributed by atoms with van der Waals surface area (Å²) in [6, 6.07) is 9.92.